The number of hydrogen-bond donors (Lipinski definition) is 1. The van der Waals surface area contributed by atoms with Crippen molar-refractivity contribution in [1.82, 2.24) is 15.1 Å². The number of amides is 2. The number of nitrogens with zero attached hydrogens (tertiary/aromatic N) is 2. The summed E-state index contributed by atoms with van der Waals surface area (Å²) in [4.78, 5) is 28.2. The van der Waals surface area contributed by atoms with E-state index in [4.69, 9.17) is 0 Å². The highest BCUT2D eigenvalue weighted by Crippen LogP contribution is 2.35. The minimum atomic E-state index is 0.104. The molecule has 3 unspecified atom stereocenters. The van der Waals surface area contributed by atoms with Gasteiger partial charge >= 0.3 is 0 Å². The van der Waals surface area contributed by atoms with E-state index in [1.165, 1.54) is 6.42 Å². The minimum absolute atomic E-state index is 0.104. The van der Waals surface area contributed by atoms with Gasteiger partial charge in [-0.3, -0.25) is 9.59 Å². The zero-order chi connectivity index (χ0) is 14.3. The van der Waals surface area contributed by atoms with Crippen molar-refractivity contribution in [3.63, 3.8) is 0 Å². The molecular weight excluding hydrogens is 254 g/mol. The van der Waals surface area contributed by atoms with Gasteiger partial charge in [0.15, 0.2) is 0 Å². The lowest BCUT2D eigenvalue weighted by Crippen LogP contribution is -2.46. The molecule has 0 aromatic heterocycles. The molecule has 0 spiro atoms. The van der Waals surface area contributed by atoms with E-state index in [1.54, 1.807) is 19.0 Å². The molecule has 1 N–H and O–H groups in total. The summed E-state index contributed by atoms with van der Waals surface area (Å²) in [6.07, 6.45) is 5.03. The summed E-state index contributed by atoms with van der Waals surface area (Å²) in [5.74, 6) is 0.821. The smallest absolute Gasteiger partial charge is 0.227 e. The first-order valence-electron chi connectivity index (χ1n) is 7.82. The zero-order valence-electron chi connectivity index (χ0n) is 12.5. The Morgan fingerprint density at radius 1 is 1.10 bits per heavy atom. The molecule has 2 bridgehead atoms. The van der Waals surface area contributed by atoms with Crippen molar-refractivity contribution in [1.29, 1.82) is 0 Å². The minimum Gasteiger partial charge on any atom is -0.349 e. The van der Waals surface area contributed by atoms with Crippen LogP contribution >= 0.6 is 0 Å². The zero-order valence-corrected chi connectivity index (χ0v) is 12.5. The third-order valence-corrected chi connectivity index (χ3v) is 5.21. The van der Waals surface area contributed by atoms with Crippen molar-refractivity contribution in [2.24, 2.45) is 11.8 Å². The lowest BCUT2D eigenvalue weighted by atomic mass is 9.87. The number of likely N-dealkylation sites (tertiary alicyclic amines) is 1. The molecule has 3 fully saturated rings. The Balaban J connectivity index is 1.53. The number of fused-ring (bicyclic) bond motifs is 2. The molecule has 3 atom stereocenters. The number of nitrogens with one attached hydrogen (secondary N) is 1. The van der Waals surface area contributed by atoms with Crippen LogP contribution in [0, 0.1) is 11.8 Å². The van der Waals surface area contributed by atoms with Crippen LogP contribution in [0.5, 0.6) is 0 Å². The molecule has 0 aliphatic carbocycles. The maximum atomic E-state index is 12.6. The van der Waals surface area contributed by atoms with Crippen molar-refractivity contribution < 1.29 is 9.59 Å². The van der Waals surface area contributed by atoms with Crippen molar-refractivity contribution in [2.45, 2.75) is 44.2 Å². The molecule has 3 aliphatic rings. The van der Waals surface area contributed by atoms with E-state index in [9.17, 15) is 9.59 Å². The van der Waals surface area contributed by atoms with Gasteiger partial charge in [-0.2, -0.15) is 0 Å². The maximum absolute atomic E-state index is 12.6. The van der Waals surface area contributed by atoms with Gasteiger partial charge in [-0.1, -0.05) is 0 Å². The number of rotatable bonds is 2. The van der Waals surface area contributed by atoms with Crippen LogP contribution < -0.4 is 5.32 Å². The average Bonchev–Trinajstić information content (AvgIpc) is 3.08. The molecule has 3 heterocycles. The summed E-state index contributed by atoms with van der Waals surface area (Å²) in [6.45, 7) is 1.49. The molecule has 3 saturated heterocycles. The lowest BCUT2D eigenvalue weighted by Gasteiger charge is -2.35. The molecule has 2 amide bonds. The van der Waals surface area contributed by atoms with Crippen LogP contribution in [-0.2, 0) is 9.59 Å². The Kier molecular flexibility index (Phi) is 3.71. The second-order valence-corrected chi connectivity index (χ2v) is 6.72. The van der Waals surface area contributed by atoms with E-state index in [1.807, 2.05) is 4.90 Å². The van der Waals surface area contributed by atoms with E-state index in [0.717, 1.165) is 38.8 Å². The summed E-state index contributed by atoms with van der Waals surface area (Å²) in [5, 5.41) is 3.53. The third-order valence-electron chi connectivity index (χ3n) is 5.21. The van der Waals surface area contributed by atoms with Gasteiger partial charge in [-0.15, -0.1) is 0 Å². The van der Waals surface area contributed by atoms with Gasteiger partial charge < -0.3 is 15.1 Å². The second-order valence-electron chi connectivity index (χ2n) is 6.72. The standard InChI is InChI=1S/C15H25N3O2/c1-17(2)14(19)10-5-7-18(8-6-10)15(20)12-9-11-3-4-13(12)16-11/h10-13,16H,3-9H2,1-2H3. The molecule has 5 nitrogen and oxygen atoms in total. The van der Waals surface area contributed by atoms with Crippen LogP contribution in [0.1, 0.15) is 32.1 Å². The fourth-order valence-corrected chi connectivity index (χ4v) is 4.04. The SMILES string of the molecule is CN(C)C(=O)C1CCN(C(=O)C2CC3CCC2N3)CC1. The second kappa shape index (κ2) is 5.35. The molecule has 0 aromatic carbocycles. The Labute approximate surface area is 120 Å². The van der Waals surface area contributed by atoms with E-state index < -0.39 is 0 Å². The van der Waals surface area contributed by atoms with Gasteiger partial charge in [0, 0.05) is 45.2 Å². The van der Waals surface area contributed by atoms with Crippen molar-refractivity contribution >= 4 is 11.8 Å². The molecule has 3 aliphatic heterocycles. The summed E-state index contributed by atoms with van der Waals surface area (Å²) in [5.41, 5.74) is 0. The van der Waals surface area contributed by atoms with Gasteiger partial charge in [0.25, 0.3) is 0 Å². The number of carbonyl (C=O) groups is 2. The van der Waals surface area contributed by atoms with Crippen molar-refractivity contribution in [3.05, 3.63) is 0 Å². The fraction of sp³-hybridized carbons (Fsp3) is 0.867. The molecule has 0 radical (unpaired) electrons. The molecule has 0 aromatic rings. The van der Waals surface area contributed by atoms with Crippen molar-refractivity contribution in [3.8, 4) is 0 Å². The topological polar surface area (TPSA) is 52.7 Å². The predicted octanol–water partition coefficient (Wildman–Crippen LogP) is 0.454. The van der Waals surface area contributed by atoms with Crippen LogP contribution in [0.25, 0.3) is 0 Å². The Morgan fingerprint density at radius 2 is 1.80 bits per heavy atom. The van der Waals surface area contributed by atoms with E-state index in [0.29, 0.717) is 18.0 Å². The molecule has 20 heavy (non-hydrogen) atoms. The maximum Gasteiger partial charge on any atom is 0.227 e. The number of hydrogen-bond acceptors (Lipinski definition) is 3. The first-order chi connectivity index (χ1) is 9.56. The van der Waals surface area contributed by atoms with E-state index in [-0.39, 0.29) is 17.7 Å². The molecular formula is C15H25N3O2. The molecule has 3 rings (SSSR count). The van der Waals surface area contributed by atoms with Gasteiger partial charge in [0.1, 0.15) is 0 Å². The number of piperidine rings is 1. The van der Waals surface area contributed by atoms with Crippen molar-refractivity contribution in [2.75, 3.05) is 27.2 Å². The Morgan fingerprint density at radius 3 is 2.30 bits per heavy atom. The summed E-state index contributed by atoms with van der Waals surface area (Å²) < 4.78 is 0. The summed E-state index contributed by atoms with van der Waals surface area (Å²) in [7, 11) is 3.61. The fourth-order valence-electron chi connectivity index (χ4n) is 4.04. The van der Waals surface area contributed by atoms with Gasteiger partial charge in [0.2, 0.25) is 11.8 Å². The highest BCUT2D eigenvalue weighted by Gasteiger charge is 2.44. The van der Waals surface area contributed by atoms with Crippen LogP contribution in [0.15, 0.2) is 0 Å². The highest BCUT2D eigenvalue weighted by molar-refractivity contribution is 5.81. The average molecular weight is 279 g/mol. The van der Waals surface area contributed by atoms with Gasteiger partial charge in [-0.05, 0) is 32.1 Å². The van der Waals surface area contributed by atoms with Gasteiger partial charge in [0.05, 0.1) is 5.92 Å². The Bertz CT molecular complexity index is 402. The first kappa shape index (κ1) is 13.9. The van der Waals surface area contributed by atoms with E-state index >= 15 is 0 Å². The van der Waals surface area contributed by atoms with Crippen LogP contribution in [0.4, 0.5) is 0 Å². The van der Waals surface area contributed by atoms with Crippen LogP contribution in [0.2, 0.25) is 0 Å². The normalized spacial score (nSPS) is 33.5. The summed E-state index contributed by atoms with van der Waals surface area (Å²) >= 11 is 0. The van der Waals surface area contributed by atoms with E-state index in [2.05, 4.69) is 5.32 Å². The monoisotopic (exact) mass is 279 g/mol. The molecule has 5 heteroatoms. The number of carbonyl (C=O) groups excluding carboxylic acids is 2. The lowest BCUT2D eigenvalue weighted by molar-refractivity contribution is -0.141. The third kappa shape index (κ3) is 2.43. The predicted molar refractivity (Wildman–Crippen MR) is 76.1 cm³/mol. The van der Waals surface area contributed by atoms with Crippen LogP contribution in [0.3, 0.4) is 0 Å². The Hall–Kier alpha value is -1.10. The van der Waals surface area contributed by atoms with Crippen LogP contribution in [-0.4, -0.2) is 60.9 Å². The quantitative estimate of drug-likeness (QED) is 0.799. The summed E-state index contributed by atoms with van der Waals surface area (Å²) in [6, 6.07) is 0.982. The highest BCUT2D eigenvalue weighted by atomic mass is 16.2. The molecule has 112 valence electrons. The molecule has 0 saturated carbocycles. The largest absolute Gasteiger partial charge is 0.349 e. The first-order valence-corrected chi connectivity index (χ1v) is 7.82. The van der Waals surface area contributed by atoms with Gasteiger partial charge in [-0.25, -0.2) is 0 Å².